The van der Waals surface area contributed by atoms with Crippen LogP contribution in [-0.2, 0) is 14.3 Å². The Morgan fingerprint density at radius 3 is 2.38 bits per heavy atom. The maximum atomic E-state index is 13.5. The lowest BCUT2D eigenvalue weighted by molar-refractivity contribution is -0.138. The lowest BCUT2D eigenvalue weighted by Crippen LogP contribution is -2.52. The fraction of sp³-hybridized carbons (Fsp3) is 0.542. The van der Waals surface area contributed by atoms with Crippen molar-refractivity contribution in [3.63, 3.8) is 0 Å². The third kappa shape index (κ3) is 8.83. The number of nitrogens with zero attached hydrogens (tertiary/aromatic N) is 1. The van der Waals surface area contributed by atoms with Crippen LogP contribution in [0.1, 0.15) is 58.2 Å². The van der Waals surface area contributed by atoms with E-state index in [1.165, 1.54) is 11.8 Å². The first-order chi connectivity index (χ1) is 14.9. The van der Waals surface area contributed by atoms with Crippen molar-refractivity contribution in [3.8, 4) is 12.5 Å². The molecule has 2 N–H and O–H groups in total. The van der Waals surface area contributed by atoms with E-state index in [4.69, 9.17) is 11.2 Å². The van der Waals surface area contributed by atoms with Crippen LogP contribution in [0.2, 0.25) is 0 Å². The van der Waals surface area contributed by atoms with Crippen LogP contribution < -0.4 is 10.6 Å². The summed E-state index contributed by atoms with van der Waals surface area (Å²) < 4.78 is 5.31. The van der Waals surface area contributed by atoms with Crippen LogP contribution in [-0.4, -0.2) is 52.5 Å². The number of benzene rings is 1. The molecule has 1 rings (SSSR count). The second kappa shape index (κ2) is 12.4. The number of nitrogens with one attached hydrogen (secondary N) is 2. The smallest absolute Gasteiger partial charge is 0.408 e. The zero-order chi connectivity index (χ0) is 24.5. The van der Waals surface area contributed by atoms with Gasteiger partial charge >= 0.3 is 6.09 Å². The fourth-order valence-corrected chi connectivity index (χ4v) is 3.47. The Balaban J connectivity index is 3.32. The molecule has 32 heavy (non-hydrogen) atoms. The van der Waals surface area contributed by atoms with Gasteiger partial charge in [0, 0.05) is 12.1 Å². The zero-order valence-corrected chi connectivity index (χ0v) is 20.8. The summed E-state index contributed by atoms with van der Waals surface area (Å²) in [5, 5.41) is 5.47. The number of thioether (sulfide) groups is 1. The number of hydrogen-bond donors (Lipinski definition) is 2. The molecule has 0 aliphatic carbocycles. The van der Waals surface area contributed by atoms with Gasteiger partial charge in [0.15, 0.2) is 0 Å². The van der Waals surface area contributed by atoms with Crippen molar-refractivity contribution in [1.29, 1.82) is 0 Å². The van der Waals surface area contributed by atoms with Crippen molar-refractivity contribution < 1.29 is 19.1 Å². The molecule has 0 bridgehead atoms. The summed E-state index contributed by atoms with van der Waals surface area (Å²) in [5.41, 5.74) is 0.806. The lowest BCUT2D eigenvalue weighted by atomic mass is 10.0. The lowest BCUT2D eigenvalue weighted by Gasteiger charge is -2.31. The van der Waals surface area contributed by atoms with Gasteiger partial charge in [0.25, 0.3) is 5.91 Å². The molecule has 2 atom stereocenters. The zero-order valence-electron chi connectivity index (χ0n) is 20.0. The summed E-state index contributed by atoms with van der Waals surface area (Å²) >= 11 is 1.53. The van der Waals surface area contributed by atoms with Crippen molar-refractivity contribution in [2.75, 3.05) is 12.0 Å². The number of hydrogen-bond acceptors (Lipinski definition) is 5. The van der Waals surface area contributed by atoms with Crippen LogP contribution in [0, 0.1) is 19.4 Å². The first kappa shape index (κ1) is 27.4. The maximum Gasteiger partial charge on any atom is 0.408 e. The molecule has 0 aromatic heterocycles. The highest BCUT2D eigenvalue weighted by molar-refractivity contribution is 7.98. The van der Waals surface area contributed by atoms with E-state index in [1.807, 2.05) is 45.2 Å². The van der Waals surface area contributed by atoms with E-state index in [-0.39, 0.29) is 6.04 Å². The van der Waals surface area contributed by atoms with E-state index in [9.17, 15) is 14.4 Å². The monoisotopic (exact) mass is 461 g/mol. The maximum absolute atomic E-state index is 13.5. The standard InChI is InChI=1S/C24H35N3O4S/c1-9-27(20(21(28)25-16(2)3)18-12-10-11-17(4)15-18)22(29)19(13-14-32-8)26-23(30)31-24(5,6)7/h1,10-12,15-16,19-20H,13-14H2,2-8H3,(H,25,28)(H,26,30). The van der Waals surface area contributed by atoms with Crippen LogP contribution in [0.5, 0.6) is 0 Å². The van der Waals surface area contributed by atoms with E-state index in [0.717, 1.165) is 10.5 Å². The van der Waals surface area contributed by atoms with Crippen LogP contribution in [0.25, 0.3) is 0 Å². The van der Waals surface area contributed by atoms with Crippen molar-refractivity contribution in [2.45, 2.75) is 71.7 Å². The predicted octanol–water partition coefficient (Wildman–Crippen LogP) is 3.63. The quantitative estimate of drug-likeness (QED) is 0.433. The molecule has 0 fully saturated rings. The van der Waals surface area contributed by atoms with E-state index in [0.29, 0.717) is 17.7 Å². The Hall–Kier alpha value is -2.66. The van der Waals surface area contributed by atoms with Gasteiger partial charge < -0.3 is 15.4 Å². The van der Waals surface area contributed by atoms with Crippen molar-refractivity contribution in [1.82, 2.24) is 15.5 Å². The molecule has 0 heterocycles. The van der Waals surface area contributed by atoms with E-state index in [1.54, 1.807) is 26.8 Å². The predicted molar refractivity (Wildman–Crippen MR) is 129 cm³/mol. The molecule has 1 aromatic rings. The third-order valence-corrected chi connectivity index (χ3v) is 4.92. The number of alkyl carbamates (subject to hydrolysis) is 1. The van der Waals surface area contributed by atoms with Gasteiger partial charge in [-0.25, -0.2) is 4.79 Å². The third-order valence-electron chi connectivity index (χ3n) is 4.27. The first-order valence-electron chi connectivity index (χ1n) is 10.5. The molecule has 0 saturated carbocycles. The van der Waals surface area contributed by atoms with E-state index >= 15 is 0 Å². The van der Waals surface area contributed by atoms with Gasteiger partial charge in [-0.1, -0.05) is 36.3 Å². The number of aryl methyl sites for hydroxylation is 1. The summed E-state index contributed by atoms with van der Waals surface area (Å²) in [7, 11) is 0. The highest BCUT2D eigenvalue weighted by Gasteiger charge is 2.35. The summed E-state index contributed by atoms with van der Waals surface area (Å²) in [5.74, 6) is -0.326. The number of carbonyl (C=O) groups excluding carboxylic acids is 3. The van der Waals surface area contributed by atoms with Gasteiger partial charge in [-0.05, 0) is 65.5 Å². The number of ether oxygens (including phenoxy) is 1. The topological polar surface area (TPSA) is 87.7 Å². The van der Waals surface area contributed by atoms with Crippen LogP contribution >= 0.6 is 11.8 Å². The normalized spacial score (nSPS) is 13.0. The Bertz CT molecular complexity index is 842. The molecule has 176 valence electrons. The Kier molecular flexibility index (Phi) is 10.6. The average molecular weight is 462 g/mol. The van der Waals surface area contributed by atoms with Crippen LogP contribution in [0.4, 0.5) is 4.79 Å². The highest BCUT2D eigenvalue weighted by atomic mass is 32.2. The molecule has 1 aromatic carbocycles. The molecule has 7 nitrogen and oxygen atoms in total. The molecule has 0 spiro atoms. The van der Waals surface area contributed by atoms with Gasteiger partial charge in [0.1, 0.15) is 17.7 Å². The summed E-state index contributed by atoms with van der Waals surface area (Å²) in [4.78, 5) is 40.0. The van der Waals surface area contributed by atoms with E-state index < -0.39 is 35.6 Å². The molecule has 0 aliphatic heterocycles. The minimum atomic E-state index is -1.04. The number of amides is 3. The number of terminal acetylenes is 1. The van der Waals surface area contributed by atoms with Gasteiger partial charge in [0.2, 0.25) is 5.91 Å². The average Bonchev–Trinajstić information content (AvgIpc) is 2.66. The Morgan fingerprint density at radius 1 is 1.22 bits per heavy atom. The molecule has 0 aliphatic rings. The minimum absolute atomic E-state index is 0.142. The van der Waals surface area contributed by atoms with Crippen molar-refractivity contribution in [3.05, 3.63) is 35.4 Å². The molecule has 2 unspecified atom stereocenters. The van der Waals surface area contributed by atoms with Crippen LogP contribution in [0.15, 0.2) is 24.3 Å². The van der Waals surface area contributed by atoms with Gasteiger partial charge in [-0.3, -0.25) is 14.5 Å². The number of carbonyl (C=O) groups is 3. The van der Waals surface area contributed by atoms with Gasteiger partial charge in [-0.2, -0.15) is 11.8 Å². The van der Waals surface area contributed by atoms with Crippen LogP contribution in [0.3, 0.4) is 0 Å². The Labute approximate surface area is 196 Å². The fourth-order valence-electron chi connectivity index (χ4n) is 3.00. The number of rotatable bonds is 9. The van der Waals surface area contributed by atoms with Gasteiger partial charge in [0.05, 0.1) is 0 Å². The van der Waals surface area contributed by atoms with E-state index in [2.05, 4.69) is 16.7 Å². The van der Waals surface area contributed by atoms with Crippen molar-refractivity contribution in [2.24, 2.45) is 0 Å². The largest absolute Gasteiger partial charge is 0.444 e. The molecular formula is C24H35N3O4S. The SMILES string of the molecule is C#CN(C(=O)C(CCSC)NC(=O)OC(C)(C)C)C(C(=O)NC(C)C)c1cccc(C)c1. The van der Waals surface area contributed by atoms with Gasteiger partial charge in [-0.15, -0.1) is 0 Å². The second-order valence-electron chi connectivity index (χ2n) is 8.80. The molecule has 0 radical (unpaired) electrons. The molecule has 0 saturated heterocycles. The summed E-state index contributed by atoms with van der Waals surface area (Å²) in [6.45, 7) is 10.8. The second-order valence-corrected chi connectivity index (χ2v) is 9.78. The minimum Gasteiger partial charge on any atom is -0.444 e. The molecule has 8 heteroatoms. The highest BCUT2D eigenvalue weighted by Crippen LogP contribution is 2.24. The Morgan fingerprint density at radius 2 is 1.88 bits per heavy atom. The first-order valence-corrected chi connectivity index (χ1v) is 11.9. The summed E-state index contributed by atoms with van der Waals surface area (Å²) in [6.07, 6.45) is 7.27. The summed E-state index contributed by atoms with van der Waals surface area (Å²) in [6, 6.07) is 7.55. The molecule has 3 amide bonds. The van der Waals surface area contributed by atoms with Crippen molar-refractivity contribution >= 4 is 29.7 Å². The molecular weight excluding hydrogens is 426 g/mol.